The molecular formula is C7H12F3NO. The number of nitrogens with two attached hydrogens (primary N) is 1. The molecular weight excluding hydrogens is 171 g/mol. The second kappa shape index (κ2) is 4.33. The number of carbonyl (C=O) groups excluding carboxylic acids is 1. The summed E-state index contributed by atoms with van der Waals surface area (Å²) in [6.45, 7) is 1.64. The highest BCUT2D eigenvalue weighted by Crippen LogP contribution is 2.31. The zero-order valence-electron chi connectivity index (χ0n) is 6.82. The molecule has 0 aromatic rings. The van der Waals surface area contributed by atoms with Crippen LogP contribution in [0.15, 0.2) is 0 Å². The van der Waals surface area contributed by atoms with Crippen LogP contribution in [0, 0.1) is 5.92 Å². The van der Waals surface area contributed by atoms with Crippen LogP contribution in [0.1, 0.15) is 26.2 Å². The van der Waals surface area contributed by atoms with Crippen molar-refractivity contribution in [2.45, 2.75) is 32.4 Å². The molecule has 72 valence electrons. The van der Waals surface area contributed by atoms with Gasteiger partial charge in [-0.15, -0.1) is 0 Å². The molecule has 0 aromatic heterocycles. The molecule has 1 unspecified atom stereocenters. The predicted octanol–water partition coefficient (Wildman–Crippen LogP) is 1.84. The van der Waals surface area contributed by atoms with E-state index in [1.54, 1.807) is 6.92 Å². The van der Waals surface area contributed by atoms with E-state index in [1.807, 2.05) is 0 Å². The molecule has 0 saturated heterocycles. The largest absolute Gasteiger partial charge is 0.392 e. The second-order valence-electron chi connectivity index (χ2n) is 2.70. The molecule has 1 atom stereocenters. The minimum absolute atomic E-state index is 0.0353. The zero-order valence-corrected chi connectivity index (χ0v) is 6.82. The van der Waals surface area contributed by atoms with E-state index in [-0.39, 0.29) is 6.42 Å². The average Bonchev–Trinajstić information content (AvgIpc) is 1.83. The van der Waals surface area contributed by atoms with Gasteiger partial charge in [-0.05, 0) is 6.42 Å². The summed E-state index contributed by atoms with van der Waals surface area (Å²) in [7, 11) is 0. The van der Waals surface area contributed by atoms with Gasteiger partial charge in [0.1, 0.15) is 0 Å². The number of rotatable bonds is 4. The Bertz CT molecular complexity index is 155. The first-order valence-electron chi connectivity index (χ1n) is 3.73. The number of hydrogen-bond acceptors (Lipinski definition) is 1. The van der Waals surface area contributed by atoms with Crippen molar-refractivity contribution in [3.63, 3.8) is 0 Å². The second-order valence-corrected chi connectivity index (χ2v) is 2.70. The molecule has 0 bridgehead atoms. The number of amides is 1. The first-order valence-corrected chi connectivity index (χ1v) is 3.73. The third-order valence-corrected chi connectivity index (χ3v) is 1.55. The summed E-state index contributed by atoms with van der Waals surface area (Å²) >= 11 is 0. The minimum atomic E-state index is -4.30. The van der Waals surface area contributed by atoms with Gasteiger partial charge in [0.15, 0.2) is 0 Å². The Labute approximate surface area is 68.9 Å². The third kappa shape index (κ3) is 4.20. The maximum absolute atomic E-state index is 12.1. The van der Waals surface area contributed by atoms with Crippen molar-refractivity contribution >= 4 is 5.91 Å². The molecule has 0 saturated carbocycles. The quantitative estimate of drug-likeness (QED) is 0.710. The number of carbonyl (C=O) groups is 1. The van der Waals surface area contributed by atoms with Gasteiger partial charge in [0.2, 0.25) is 5.91 Å². The Kier molecular flexibility index (Phi) is 4.06. The Morgan fingerprint density at radius 1 is 1.50 bits per heavy atom. The fourth-order valence-corrected chi connectivity index (χ4v) is 0.973. The van der Waals surface area contributed by atoms with E-state index in [4.69, 9.17) is 0 Å². The molecule has 2 nitrogen and oxygen atoms in total. The highest BCUT2D eigenvalue weighted by atomic mass is 19.4. The average molecular weight is 183 g/mol. The van der Waals surface area contributed by atoms with Crippen molar-refractivity contribution in [1.82, 2.24) is 0 Å². The maximum atomic E-state index is 12.1. The van der Waals surface area contributed by atoms with Crippen molar-refractivity contribution in [2.24, 2.45) is 11.7 Å². The van der Waals surface area contributed by atoms with Crippen molar-refractivity contribution in [3.8, 4) is 0 Å². The smallest absolute Gasteiger partial charge is 0.370 e. The number of alkyl halides is 3. The molecule has 0 rings (SSSR count). The van der Waals surface area contributed by atoms with Crippen LogP contribution in [0.5, 0.6) is 0 Å². The lowest BCUT2D eigenvalue weighted by Gasteiger charge is -2.17. The Morgan fingerprint density at radius 2 is 2.00 bits per heavy atom. The molecule has 5 heteroatoms. The third-order valence-electron chi connectivity index (χ3n) is 1.55. The van der Waals surface area contributed by atoms with Crippen LogP contribution < -0.4 is 5.73 Å². The van der Waals surface area contributed by atoms with E-state index in [0.717, 1.165) is 0 Å². The van der Waals surface area contributed by atoms with Gasteiger partial charge in [0.05, 0.1) is 5.92 Å². The van der Waals surface area contributed by atoms with E-state index in [0.29, 0.717) is 6.42 Å². The molecule has 0 fully saturated rings. The van der Waals surface area contributed by atoms with Gasteiger partial charge in [0, 0.05) is 6.42 Å². The molecule has 12 heavy (non-hydrogen) atoms. The summed E-state index contributed by atoms with van der Waals surface area (Å²) in [6.07, 6.45) is -4.54. The van der Waals surface area contributed by atoms with Gasteiger partial charge < -0.3 is 5.73 Å². The van der Waals surface area contributed by atoms with Gasteiger partial charge in [-0.3, -0.25) is 4.79 Å². The lowest BCUT2D eigenvalue weighted by molar-refractivity contribution is -0.180. The summed E-state index contributed by atoms with van der Waals surface area (Å²) in [5.74, 6) is -2.47. The molecule has 0 heterocycles. The number of halogens is 3. The molecule has 0 radical (unpaired) electrons. The van der Waals surface area contributed by atoms with Crippen LogP contribution in [0.2, 0.25) is 0 Å². The van der Waals surface area contributed by atoms with Crippen molar-refractivity contribution < 1.29 is 18.0 Å². The van der Waals surface area contributed by atoms with Crippen molar-refractivity contribution in [1.29, 1.82) is 0 Å². The predicted molar refractivity (Wildman–Crippen MR) is 38.3 cm³/mol. The Balaban J connectivity index is 4.13. The van der Waals surface area contributed by atoms with E-state index in [9.17, 15) is 18.0 Å². The summed E-state index contributed by atoms with van der Waals surface area (Å²) in [6, 6.07) is 0. The van der Waals surface area contributed by atoms with Gasteiger partial charge in [0.25, 0.3) is 0 Å². The normalized spacial score (nSPS) is 14.3. The molecule has 1 amide bonds. The van der Waals surface area contributed by atoms with Crippen molar-refractivity contribution in [3.05, 3.63) is 0 Å². The zero-order chi connectivity index (χ0) is 9.78. The van der Waals surface area contributed by atoms with E-state index in [2.05, 4.69) is 5.73 Å². The van der Waals surface area contributed by atoms with Crippen molar-refractivity contribution in [2.75, 3.05) is 0 Å². The van der Waals surface area contributed by atoms with Crippen LogP contribution >= 0.6 is 0 Å². The Morgan fingerprint density at radius 3 is 2.25 bits per heavy atom. The van der Waals surface area contributed by atoms with Gasteiger partial charge in [-0.25, -0.2) is 0 Å². The van der Waals surface area contributed by atoms with Crippen LogP contribution in [-0.2, 0) is 4.79 Å². The van der Waals surface area contributed by atoms with Crippen LogP contribution in [0.25, 0.3) is 0 Å². The van der Waals surface area contributed by atoms with Gasteiger partial charge >= 0.3 is 6.18 Å². The highest BCUT2D eigenvalue weighted by molar-refractivity contribution is 5.74. The fourth-order valence-electron chi connectivity index (χ4n) is 0.973. The molecule has 0 aliphatic rings. The summed E-state index contributed by atoms with van der Waals surface area (Å²) in [5.41, 5.74) is 4.68. The van der Waals surface area contributed by atoms with E-state index in [1.165, 1.54) is 0 Å². The van der Waals surface area contributed by atoms with Crippen LogP contribution in [-0.4, -0.2) is 12.1 Å². The van der Waals surface area contributed by atoms with Crippen LogP contribution in [0.4, 0.5) is 13.2 Å². The maximum Gasteiger partial charge on any atom is 0.392 e. The van der Waals surface area contributed by atoms with E-state index >= 15 is 0 Å². The molecule has 0 aliphatic heterocycles. The fraction of sp³-hybridized carbons (Fsp3) is 0.857. The molecule has 2 N–H and O–H groups in total. The lowest BCUT2D eigenvalue weighted by atomic mass is 9.99. The molecule has 0 aliphatic carbocycles. The standard InChI is InChI=1S/C7H12F3NO/c1-2-3-5(4-6(11)12)7(8,9)10/h5H,2-4H2,1H3,(H2,11,12). The van der Waals surface area contributed by atoms with Gasteiger partial charge in [-0.2, -0.15) is 13.2 Å². The lowest BCUT2D eigenvalue weighted by Crippen LogP contribution is -2.28. The summed E-state index contributed by atoms with van der Waals surface area (Å²) in [4.78, 5) is 10.3. The van der Waals surface area contributed by atoms with Crippen LogP contribution in [0.3, 0.4) is 0 Å². The first-order chi connectivity index (χ1) is 5.38. The van der Waals surface area contributed by atoms with Gasteiger partial charge in [-0.1, -0.05) is 13.3 Å². The first kappa shape index (κ1) is 11.3. The summed E-state index contributed by atoms with van der Waals surface area (Å²) < 4.78 is 36.2. The monoisotopic (exact) mass is 183 g/mol. The molecule has 0 aromatic carbocycles. The summed E-state index contributed by atoms with van der Waals surface area (Å²) in [5, 5.41) is 0. The SMILES string of the molecule is CCCC(CC(N)=O)C(F)(F)F. The van der Waals surface area contributed by atoms with E-state index < -0.39 is 24.4 Å². The number of hydrogen-bond donors (Lipinski definition) is 1. The Hall–Kier alpha value is -0.740. The number of primary amides is 1. The highest BCUT2D eigenvalue weighted by Gasteiger charge is 2.39. The molecule has 0 spiro atoms. The minimum Gasteiger partial charge on any atom is -0.370 e. The topological polar surface area (TPSA) is 43.1 Å².